The van der Waals surface area contributed by atoms with Crippen molar-refractivity contribution in [3.8, 4) is 0 Å². The van der Waals surface area contributed by atoms with E-state index in [2.05, 4.69) is 19.2 Å². The SMILES string of the molecule is CC(C)CNCC[Si](O)(O)O. The van der Waals surface area contributed by atoms with Crippen LogP contribution in [0.1, 0.15) is 13.8 Å². The van der Waals surface area contributed by atoms with Gasteiger partial charge in [-0.05, 0) is 19.0 Å². The summed E-state index contributed by atoms with van der Waals surface area (Å²) in [5.74, 6) is 0.544. The minimum atomic E-state index is -3.79. The first-order valence-electron chi connectivity index (χ1n) is 3.79. The van der Waals surface area contributed by atoms with Crippen LogP contribution < -0.4 is 5.32 Å². The summed E-state index contributed by atoms with van der Waals surface area (Å²) in [5, 5.41) is 3.00. The number of hydrogen-bond donors (Lipinski definition) is 4. The Balaban J connectivity index is 3.15. The molecule has 0 aliphatic rings. The summed E-state index contributed by atoms with van der Waals surface area (Å²) in [6.45, 7) is 5.43. The van der Waals surface area contributed by atoms with Crippen molar-refractivity contribution in [2.75, 3.05) is 13.1 Å². The van der Waals surface area contributed by atoms with Crippen molar-refractivity contribution in [1.82, 2.24) is 5.32 Å². The standard InChI is InChI=1S/C6H17NO3Si/c1-6(2)5-7-3-4-11(8,9)10/h6-10H,3-5H2,1-2H3. The smallest absolute Gasteiger partial charge is 0.390 e. The Labute approximate surface area is 68.2 Å². The van der Waals surface area contributed by atoms with Gasteiger partial charge in [-0.25, -0.2) is 0 Å². The molecule has 0 unspecified atom stereocenters. The van der Waals surface area contributed by atoms with Crippen molar-refractivity contribution >= 4 is 8.80 Å². The lowest BCUT2D eigenvalue weighted by molar-refractivity contribution is 0.227. The Kier molecular flexibility index (Phi) is 4.86. The number of hydrogen-bond acceptors (Lipinski definition) is 4. The molecule has 0 aliphatic carbocycles. The van der Waals surface area contributed by atoms with Gasteiger partial charge in [0, 0.05) is 6.04 Å². The summed E-state index contributed by atoms with van der Waals surface area (Å²) in [6, 6.07) is 0.0692. The van der Waals surface area contributed by atoms with E-state index in [0.717, 1.165) is 6.54 Å². The van der Waals surface area contributed by atoms with Crippen molar-refractivity contribution in [2.24, 2.45) is 5.92 Å². The Morgan fingerprint density at radius 3 is 2.18 bits per heavy atom. The summed E-state index contributed by atoms with van der Waals surface area (Å²) in [5.41, 5.74) is 0. The van der Waals surface area contributed by atoms with Crippen LogP contribution in [0.2, 0.25) is 6.04 Å². The summed E-state index contributed by atoms with van der Waals surface area (Å²) < 4.78 is 0. The fourth-order valence-electron chi connectivity index (χ4n) is 0.647. The van der Waals surface area contributed by atoms with E-state index in [-0.39, 0.29) is 6.04 Å². The highest BCUT2D eigenvalue weighted by Crippen LogP contribution is 1.94. The molecule has 5 heteroatoms. The van der Waals surface area contributed by atoms with Crippen LogP contribution >= 0.6 is 0 Å². The quantitative estimate of drug-likeness (QED) is 0.328. The Morgan fingerprint density at radius 2 is 1.82 bits per heavy atom. The first-order chi connectivity index (χ1) is 4.92. The molecule has 0 aliphatic heterocycles. The van der Waals surface area contributed by atoms with Crippen LogP contribution in [0.5, 0.6) is 0 Å². The molecule has 0 rings (SSSR count). The van der Waals surface area contributed by atoms with Crippen molar-refractivity contribution in [3.05, 3.63) is 0 Å². The predicted octanol–water partition coefficient (Wildman–Crippen LogP) is -0.852. The van der Waals surface area contributed by atoms with Crippen LogP contribution in [0.15, 0.2) is 0 Å². The van der Waals surface area contributed by atoms with Crippen LogP contribution in [0.3, 0.4) is 0 Å². The zero-order valence-corrected chi connectivity index (χ0v) is 8.04. The second kappa shape index (κ2) is 4.84. The molecule has 0 spiro atoms. The normalized spacial score (nSPS) is 12.5. The molecular weight excluding hydrogens is 162 g/mol. The van der Waals surface area contributed by atoms with E-state index in [1.807, 2.05) is 0 Å². The largest absolute Gasteiger partial charge is 0.494 e. The van der Waals surface area contributed by atoms with Crippen LogP contribution in [-0.4, -0.2) is 36.3 Å². The molecule has 0 bridgehead atoms. The Bertz CT molecular complexity index is 102. The van der Waals surface area contributed by atoms with E-state index in [4.69, 9.17) is 14.4 Å². The first-order valence-corrected chi connectivity index (χ1v) is 5.84. The molecule has 0 fully saturated rings. The maximum atomic E-state index is 8.59. The molecular formula is C6H17NO3Si. The van der Waals surface area contributed by atoms with Crippen molar-refractivity contribution in [2.45, 2.75) is 19.9 Å². The molecule has 0 amide bonds. The highest BCUT2D eigenvalue weighted by molar-refractivity contribution is 6.56. The molecule has 0 aromatic rings. The maximum absolute atomic E-state index is 8.59. The van der Waals surface area contributed by atoms with E-state index < -0.39 is 8.80 Å². The molecule has 0 saturated heterocycles. The summed E-state index contributed by atoms with van der Waals surface area (Å²) in [7, 11) is -3.79. The summed E-state index contributed by atoms with van der Waals surface area (Å²) in [6.07, 6.45) is 0. The molecule has 68 valence electrons. The van der Waals surface area contributed by atoms with Gasteiger partial charge in [-0.3, -0.25) is 0 Å². The van der Waals surface area contributed by atoms with E-state index in [0.29, 0.717) is 12.5 Å². The molecule has 0 radical (unpaired) electrons. The van der Waals surface area contributed by atoms with Gasteiger partial charge in [-0.1, -0.05) is 13.8 Å². The van der Waals surface area contributed by atoms with Gasteiger partial charge >= 0.3 is 8.80 Å². The first kappa shape index (κ1) is 11.1. The van der Waals surface area contributed by atoms with Gasteiger partial charge in [0.15, 0.2) is 0 Å². The molecule has 0 atom stereocenters. The minimum Gasteiger partial charge on any atom is -0.390 e. The molecule has 11 heavy (non-hydrogen) atoms. The maximum Gasteiger partial charge on any atom is 0.494 e. The zero-order valence-electron chi connectivity index (χ0n) is 7.04. The third-order valence-corrected chi connectivity index (χ3v) is 2.11. The van der Waals surface area contributed by atoms with Crippen LogP contribution in [-0.2, 0) is 0 Å². The summed E-state index contributed by atoms with van der Waals surface area (Å²) >= 11 is 0. The molecule has 4 nitrogen and oxygen atoms in total. The highest BCUT2D eigenvalue weighted by atomic mass is 28.4. The van der Waals surface area contributed by atoms with Crippen LogP contribution in [0.25, 0.3) is 0 Å². The molecule has 0 saturated carbocycles. The van der Waals surface area contributed by atoms with Crippen molar-refractivity contribution in [1.29, 1.82) is 0 Å². The number of nitrogens with one attached hydrogen (secondary N) is 1. The van der Waals surface area contributed by atoms with Gasteiger partial charge in [-0.15, -0.1) is 0 Å². The second-order valence-corrected chi connectivity index (χ2v) is 5.17. The molecule has 4 N–H and O–H groups in total. The van der Waals surface area contributed by atoms with Gasteiger partial charge in [0.05, 0.1) is 0 Å². The fraction of sp³-hybridized carbons (Fsp3) is 1.00. The molecule has 0 aromatic heterocycles. The monoisotopic (exact) mass is 179 g/mol. The highest BCUT2D eigenvalue weighted by Gasteiger charge is 2.25. The van der Waals surface area contributed by atoms with Crippen molar-refractivity contribution in [3.63, 3.8) is 0 Å². The average Bonchev–Trinajstić information content (AvgIpc) is 1.78. The molecule has 0 heterocycles. The third kappa shape index (κ3) is 10.1. The van der Waals surface area contributed by atoms with Gasteiger partial charge in [0.1, 0.15) is 0 Å². The van der Waals surface area contributed by atoms with E-state index >= 15 is 0 Å². The predicted molar refractivity (Wildman–Crippen MR) is 44.9 cm³/mol. The van der Waals surface area contributed by atoms with Crippen LogP contribution in [0, 0.1) is 5.92 Å². The van der Waals surface area contributed by atoms with Crippen molar-refractivity contribution < 1.29 is 14.4 Å². The fourth-order valence-corrected chi connectivity index (χ4v) is 1.16. The van der Waals surface area contributed by atoms with Crippen LogP contribution in [0.4, 0.5) is 0 Å². The minimum absolute atomic E-state index is 0.0692. The zero-order chi connectivity index (χ0) is 8.91. The lowest BCUT2D eigenvalue weighted by Crippen LogP contribution is -2.38. The lowest BCUT2D eigenvalue weighted by atomic mass is 10.2. The number of rotatable bonds is 5. The Morgan fingerprint density at radius 1 is 1.27 bits per heavy atom. The summed E-state index contributed by atoms with van der Waals surface area (Å²) in [4.78, 5) is 25.8. The third-order valence-electron chi connectivity index (χ3n) is 1.19. The molecule has 0 aromatic carbocycles. The Hall–Kier alpha value is 0.0569. The topological polar surface area (TPSA) is 72.7 Å². The average molecular weight is 179 g/mol. The van der Waals surface area contributed by atoms with Gasteiger partial charge in [-0.2, -0.15) is 0 Å². The van der Waals surface area contributed by atoms with E-state index in [1.165, 1.54) is 0 Å². The van der Waals surface area contributed by atoms with Gasteiger partial charge in [0.25, 0.3) is 0 Å². The second-order valence-electron chi connectivity index (χ2n) is 3.12. The van der Waals surface area contributed by atoms with Gasteiger partial charge < -0.3 is 19.7 Å². The van der Waals surface area contributed by atoms with E-state index in [1.54, 1.807) is 0 Å². The van der Waals surface area contributed by atoms with Gasteiger partial charge in [0.2, 0.25) is 0 Å². The van der Waals surface area contributed by atoms with E-state index in [9.17, 15) is 0 Å². The lowest BCUT2D eigenvalue weighted by Gasteiger charge is -2.10.